The maximum atomic E-state index is 12.5. The van der Waals surface area contributed by atoms with Crippen LogP contribution in [0.1, 0.15) is 13.8 Å². The SMILES string of the molecule is C=C/C=C\C(=C/C)N(CC)CC(=O)N(C)c1ccc(OC)cc1. The van der Waals surface area contributed by atoms with Crippen LogP contribution in [0.5, 0.6) is 5.75 Å². The molecule has 124 valence electrons. The fourth-order valence-electron chi connectivity index (χ4n) is 2.16. The number of nitrogens with zero attached hydrogens (tertiary/aromatic N) is 2. The smallest absolute Gasteiger partial charge is 0.246 e. The van der Waals surface area contributed by atoms with Crippen molar-refractivity contribution in [3.63, 3.8) is 0 Å². The Balaban J connectivity index is 2.81. The summed E-state index contributed by atoms with van der Waals surface area (Å²) in [6.07, 6.45) is 7.54. The zero-order valence-electron chi connectivity index (χ0n) is 14.5. The summed E-state index contributed by atoms with van der Waals surface area (Å²) < 4.78 is 5.14. The lowest BCUT2D eigenvalue weighted by Crippen LogP contribution is -2.37. The van der Waals surface area contributed by atoms with Crippen LogP contribution in [-0.2, 0) is 4.79 Å². The van der Waals surface area contributed by atoms with E-state index in [1.165, 1.54) is 0 Å². The normalized spacial score (nSPS) is 11.4. The molecule has 0 bridgehead atoms. The fraction of sp³-hybridized carbons (Fsp3) is 0.316. The molecule has 1 amide bonds. The van der Waals surface area contributed by atoms with Gasteiger partial charge in [-0.25, -0.2) is 0 Å². The second-order valence-corrected chi connectivity index (χ2v) is 4.97. The maximum Gasteiger partial charge on any atom is 0.246 e. The lowest BCUT2D eigenvalue weighted by Gasteiger charge is -2.26. The van der Waals surface area contributed by atoms with Crippen molar-refractivity contribution in [1.82, 2.24) is 4.90 Å². The molecule has 0 atom stereocenters. The highest BCUT2D eigenvalue weighted by Crippen LogP contribution is 2.18. The highest BCUT2D eigenvalue weighted by Gasteiger charge is 2.15. The van der Waals surface area contributed by atoms with Crippen LogP contribution in [0, 0.1) is 0 Å². The number of benzene rings is 1. The van der Waals surface area contributed by atoms with Gasteiger partial charge < -0.3 is 14.5 Å². The molecule has 0 unspecified atom stereocenters. The van der Waals surface area contributed by atoms with Gasteiger partial charge in [0.25, 0.3) is 0 Å². The summed E-state index contributed by atoms with van der Waals surface area (Å²) in [5, 5.41) is 0. The van der Waals surface area contributed by atoms with E-state index in [1.807, 2.05) is 61.2 Å². The van der Waals surface area contributed by atoms with Gasteiger partial charge in [0.1, 0.15) is 5.75 Å². The molecule has 0 aliphatic heterocycles. The number of ether oxygens (including phenoxy) is 1. The van der Waals surface area contributed by atoms with Gasteiger partial charge in [0, 0.05) is 25.0 Å². The number of carbonyl (C=O) groups excluding carboxylic acids is 1. The first-order valence-corrected chi connectivity index (χ1v) is 7.68. The van der Waals surface area contributed by atoms with Crippen molar-refractivity contribution >= 4 is 11.6 Å². The van der Waals surface area contributed by atoms with Crippen molar-refractivity contribution in [1.29, 1.82) is 0 Å². The van der Waals surface area contributed by atoms with E-state index in [4.69, 9.17) is 4.74 Å². The minimum atomic E-state index is 0.0309. The summed E-state index contributed by atoms with van der Waals surface area (Å²) in [4.78, 5) is 16.2. The third-order valence-corrected chi connectivity index (χ3v) is 3.61. The van der Waals surface area contributed by atoms with Crippen LogP contribution in [0.25, 0.3) is 0 Å². The molecule has 1 rings (SSSR count). The maximum absolute atomic E-state index is 12.5. The van der Waals surface area contributed by atoms with Gasteiger partial charge in [-0.05, 0) is 44.2 Å². The molecule has 0 aliphatic carbocycles. The van der Waals surface area contributed by atoms with Crippen molar-refractivity contribution in [2.45, 2.75) is 13.8 Å². The van der Waals surface area contributed by atoms with Crippen molar-refractivity contribution < 1.29 is 9.53 Å². The summed E-state index contributed by atoms with van der Waals surface area (Å²) in [7, 11) is 3.41. The van der Waals surface area contributed by atoms with Crippen LogP contribution in [0.2, 0.25) is 0 Å². The van der Waals surface area contributed by atoms with Crippen LogP contribution in [0.3, 0.4) is 0 Å². The molecule has 0 fully saturated rings. The molecule has 0 N–H and O–H groups in total. The topological polar surface area (TPSA) is 32.8 Å². The first-order valence-electron chi connectivity index (χ1n) is 7.68. The molecular weight excluding hydrogens is 288 g/mol. The minimum absolute atomic E-state index is 0.0309. The Hall–Kier alpha value is -2.49. The van der Waals surface area contributed by atoms with Crippen molar-refractivity contribution in [2.24, 2.45) is 0 Å². The number of carbonyl (C=O) groups is 1. The zero-order valence-corrected chi connectivity index (χ0v) is 14.5. The molecule has 4 heteroatoms. The second kappa shape index (κ2) is 9.51. The van der Waals surface area contributed by atoms with Crippen molar-refractivity contribution in [3.05, 3.63) is 60.8 Å². The number of amides is 1. The highest BCUT2D eigenvalue weighted by atomic mass is 16.5. The van der Waals surface area contributed by atoms with Crippen molar-refractivity contribution in [3.8, 4) is 5.75 Å². The van der Waals surface area contributed by atoms with E-state index in [2.05, 4.69) is 6.58 Å². The molecule has 1 aromatic rings. The van der Waals surface area contributed by atoms with E-state index < -0.39 is 0 Å². The molecule has 0 aliphatic rings. The Bertz CT molecular complexity index is 574. The Morgan fingerprint density at radius 3 is 2.43 bits per heavy atom. The van der Waals surface area contributed by atoms with Crippen LogP contribution >= 0.6 is 0 Å². The first kappa shape index (κ1) is 18.6. The zero-order chi connectivity index (χ0) is 17.2. The molecule has 0 aromatic heterocycles. The number of hydrogen-bond donors (Lipinski definition) is 0. The quantitative estimate of drug-likeness (QED) is 0.687. The first-order chi connectivity index (χ1) is 11.1. The fourth-order valence-corrected chi connectivity index (χ4v) is 2.16. The number of anilines is 1. The predicted molar refractivity (Wildman–Crippen MR) is 96.7 cm³/mol. The largest absolute Gasteiger partial charge is 0.497 e. The second-order valence-electron chi connectivity index (χ2n) is 4.97. The molecule has 0 heterocycles. The number of methoxy groups -OCH3 is 1. The summed E-state index contributed by atoms with van der Waals surface area (Å²) >= 11 is 0. The van der Waals surface area contributed by atoms with E-state index in [0.29, 0.717) is 6.54 Å². The van der Waals surface area contributed by atoms with Gasteiger partial charge in [0.15, 0.2) is 0 Å². The van der Waals surface area contributed by atoms with Crippen LogP contribution in [-0.4, -0.2) is 38.1 Å². The van der Waals surface area contributed by atoms with E-state index >= 15 is 0 Å². The molecule has 0 spiro atoms. The van der Waals surface area contributed by atoms with Gasteiger partial charge in [-0.15, -0.1) is 0 Å². The van der Waals surface area contributed by atoms with Crippen molar-refractivity contribution in [2.75, 3.05) is 32.1 Å². The van der Waals surface area contributed by atoms with Gasteiger partial charge in [-0.3, -0.25) is 4.79 Å². The van der Waals surface area contributed by atoms with E-state index in [0.717, 1.165) is 23.7 Å². The molecule has 1 aromatic carbocycles. The Morgan fingerprint density at radius 1 is 1.30 bits per heavy atom. The number of rotatable bonds is 8. The third kappa shape index (κ3) is 5.33. The highest BCUT2D eigenvalue weighted by molar-refractivity contribution is 5.94. The Kier molecular flexibility index (Phi) is 7.67. The summed E-state index contributed by atoms with van der Waals surface area (Å²) in [5.74, 6) is 0.805. The number of allylic oxidation sites excluding steroid dienone is 4. The lowest BCUT2D eigenvalue weighted by molar-refractivity contribution is -0.119. The monoisotopic (exact) mass is 314 g/mol. The average Bonchev–Trinajstić information content (AvgIpc) is 2.60. The average molecular weight is 314 g/mol. The van der Waals surface area contributed by atoms with Gasteiger partial charge in [0.05, 0.1) is 13.7 Å². The molecule has 4 nitrogen and oxygen atoms in total. The Morgan fingerprint density at radius 2 is 1.96 bits per heavy atom. The van der Waals surface area contributed by atoms with E-state index in [-0.39, 0.29) is 5.91 Å². The Labute approximate surface area is 139 Å². The molecular formula is C19H26N2O2. The van der Waals surface area contributed by atoms with Gasteiger partial charge >= 0.3 is 0 Å². The van der Waals surface area contributed by atoms with Crippen LogP contribution in [0.4, 0.5) is 5.69 Å². The summed E-state index contributed by atoms with van der Waals surface area (Å²) in [6, 6.07) is 7.45. The van der Waals surface area contributed by atoms with Gasteiger partial charge in [0.2, 0.25) is 5.91 Å². The van der Waals surface area contributed by atoms with Crippen LogP contribution < -0.4 is 9.64 Å². The molecule has 0 radical (unpaired) electrons. The lowest BCUT2D eigenvalue weighted by atomic mass is 10.2. The van der Waals surface area contributed by atoms with E-state index in [1.54, 1.807) is 25.1 Å². The van der Waals surface area contributed by atoms with Gasteiger partial charge in [-0.2, -0.15) is 0 Å². The van der Waals surface area contributed by atoms with E-state index in [9.17, 15) is 4.79 Å². The molecule has 23 heavy (non-hydrogen) atoms. The molecule has 0 saturated heterocycles. The third-order valence-electron chi connectivity index (χ3n) is 3.61. The number of hydrogen-bond acceptors (Lipinski definition) is 3. The summed E-state index contributed by atoms with van der Waals surface area (Å²) in [6.45, 7) is 8.75. The standard InChI is InChI=1S/C19H26N2O2/c1-6-9-10-16(7-2)21(8-3)15-19(22)20(4)17-11-13-18(23-5)14-12-17/h6-7,9-14H,1,8,15H2,2-5H3/b10-9-,16-7+. The number of likely N-dealkylation sites (N-methyl/N-ethyl adjacent to an activating group) is 2. The minimum Gasteiger partial charge on any atom is -0.497 e. The predicted octanol–water partition coefficient (Wildman–Crippen LogP) is 3.63. The summed E-state index contributed by atoms with van der Waals surface area (Å²) in [5.41, 5.74) is 1.85. The van der Waals surface area contributed by atoms with Gasteiger partial charge in [-0.1, -0.05) is 24.8 Å². The molecule has 0 saturated carbocycles. The van der Waals surface area contributed by atoms with Crippen LogP contribution in [0.15, 0.2) is 60.8 Å².